The van der Waals surface area contributed by atoms with Crippen molar-refractivity contribution in [2.45, 2.75) is 63.2 Å². The van der Waals surface area contributed by atoms with Crippen LogP contribution in [-0.2, 0) is 4.79 Å². The fraction of sp³-hybridized carbons (Fsp3) is 0.714. The normalized spacial score (nSPS) is 23.4. The molecule has 2 nitrogen and oxygen atoms in total. The summed E-state index contributed by atoms with van der Waals surface area (Å²) in [4.78, 5) is 16.1. The van der Waals surface area contributed by atoms with Crippen molar-refractivity contribution in [3.63, 3.8) is 0 Å². The zero-order valence-electron chi connectivity index (χ0n) is 10.2. The van der Waals surface area contributed by atoms with Crippen LogP contribution < -0.4 is 0 Å². The predicted molar refractivity (Wildman–Crippen MR) is 69.5 cm³/mol. The van der Waals surface area contributed by atoms with E-state index in [2.05, 4.69) is 5.38 Å². The van der Waals surface area contributed by atoms with Gasteiger partial charge in [-0.1, -0.05) is 12.8 Å². The van der Waals surface area contributed by atoms with E-state index in [4.69, 9.17) is 4.98 Å². The molecule has 0 bridgehead atoms. The van der Waals surface area contributed by atoms with Crippen molar-refractivity contribution >= 4 is 17.1 Å². The number of carbonyl (C=O) groups is 1. The second-order valence-corrected chi connectivity index (χ2v) is 6.29. The van der Waals surface area contributed by atoms with Gasteiger partial charge in [-0.15, -0.1) is 11.3 Å². The highest BCUT2D eigenvalue weighted by atomic mass is 32.1. The maximum Gasteiger partial charge on any atom is 0.132 e. The number of ketones is 1. The Bertz CT molecular complexity index is 396. The summed E-state index contributed by atoms with van der Waals surface area (Å²) in [5, 5.41) is 3.60. The van der Waals surface area contributed by atoms with Crippen LogP contribution in [0.2, 0.25) is 0 Å². The second kappa shape index (κ2) is 4.89. The van der Waals surface area contributed by atoms with Crippen LogP contribution in [0.1, 0.15) is 73.9 Å². The summed E-state index contributed by atoms with van der Waals surface area (Å²) in [6.07, 6.45) is 8.97. The fourth-order valence-corrected chi connectivity index (χ4v) is 4.16. The van der Waals surface area contributed by atoms with Crippen molar-refractivity contribution in [3.8, 4) is 0 Å². The van der Waals surface area contributed by atoms with Gasteiger partial charge in [0.1, 0.15) is 5.78 Å². The third kappa shape index (κ3) is 2.44. The van der Waals surface area contributed by atoms with E-state index < -0.39 is 0 Å². The van der Waals surface area contributed by atoms with Crippen LogP contribution in [0.15, 0.2) is 5.38 Å². The maximum absolute atomic E-state index is 11.2. The SMILES string of the molecule is O=C1CCC(c2csc(C3CCCC3)n2)CC1. The summed E-state index contributed by atoms with van der Waals surface area (Å²) in [6, 6.07) is 0. The van der Waals surface area contributed by atoms with Crippen molar-refractivity contribution in [2.24, 2.45) is 0 Å². The third-order valence-electron chi connectivity index (χ3n) is 4.21. The molecule has 0 atom stereocenters. The van der Waals surface area contributed by atoms with E-state index in [-0.39, 0.29) is 0 Å². The highest BCUT2D eigenvalue weighted by Crippen LogP contribution is 2.38. The van der Waals surface area contributed by atoms with Crippen LogP contribution in [0.3, 0.4) is 0 Å². The van der Waals surface area contributed by atoms with E-state index in [0.717, 1.165) is 31.6 Å². The van der Waals surface area contributed by atoms with Crippen LogP contribution in [-0.4, -0.2) is 10.8 Å². The fourth-order valence-electron chi connectivity index (χ4n) is 3.08. The maximum atomic E-state index is 11.2. The number of aromatic nitrogens is 1. The Labute approximate surface area is 106 Å². The largest absolute Gasteiger partial charge is 0.300 e. The van der Waals surface area contributed by atoms with E-state index in [9.17, 15) is 4.79 Å². The topological polar surface area (TPSA) is 30.0 Å². The lowest BCUT2D eigenvalue weighted by molar-refractivity contribution is -0.120. The van der Waals surface area contributed by atoms with Gasteiger partial charge in [0.15, 0.2) is 0 Å². The minimum atomic E-state index is 0.437. The Morgan fingerprint density at radius 1 is 1.06 bits per heavy atom. The lowest BCUT2D eigenvalue weighted by atomic mass is 9.87. The molecule has 92 valence electrons. The van der Waals surface area contributed by atoms with E-state index in [1.807, 2.05) is 11.3 Å². The first-order valence-electron chi connectivity index (χ1n) is 6.80. The molecular weight excluding hydrogens is 230 g/mol. The van der Waals surface area contributed by atoms with Crippen molar-refractivity contribution in [3.05, 3.63) is 16.1 Å². The molecule has 0 unspecified atom stereocenters. The first-order chi connectivity index (χ1) is 8.33. The van der Waals surface area contributed by atoms with Gasteiger partial charge < -0.3 is 0 Å². The van der Waals surface area contributed by atoms with Crippen molar-refractivity contribution in [2.75, 3.05) is 0 Å². The first kappa shape index (κ1) is 11.4. The molecule has 3 heteroatoms. The van der Waals surface area contributed by atoms with Gasteiger partial charge in [0.25, 0.3) is 0 Å². The zero-order chi connectivity index (χ0) is 11.7. The summed E-state index contributed by atoms with van der Waals surface area (Å²) in [6.45, 7) is 0. The number of Topliss-reactive ketones (excluding diaryl/α,β-unsaturated/α-hetero) is 1. The smallest absolute Gasteiger partial charge is 0.132 e. The van der Waals surface area contributed by atoms with Gasteiger partial charge in [-0.25, -0.2) is 4.98 Å². The third-order valence-corrected chi connectivity index (χ3v) is 5.23. The molecular formula is C14H19NOS. The molecule has 0 aliphatic heterocycles. The van der Waals surface area contributed by atoms with Crippen LogP contribution >= 0.6 is 11.3 Å². The van der Waals surface area contributed by atoms with Gasteiger partial charge in [0.05, 0.1) is 10.7 Å². The van der Waals surface area contributed by atoms with E-state index in [0.29, 0.717) is 11.7 Å². The minimum absolute atomic E-state index is 0.437. The zero-order valence-corrected chi connectivity index (χ0v) is 11.0. The Morgan fingerprint density at radius 2 is 1.76 bits per heavy atom. The summed E-state index contributed by atoms with van der Waals surface area (Å²) < 4.78 is 0. The summed E-state index contributed by atoms with van der Waals surface area (Å²) in [5.74, 6) is 1.73. The standard InChI is InChI=1S/C14H19NOS/c16-12-7-5-10(6-8-12)13-9-17-14(15-13)11-3-1-2-4-11/h9-11H,1-8H2. The summed E-state index contributed by atoms with van der Waals surface area (Å²) in [5.41, 5.74) is 1.27. The van der Waals surface area contributed by atoms with Crippen molar-refractivity contribution in [1.82, 2.24) is 4.98 Å². The average molecular weight is 249 g/mol. The summed E-state index contributed by atoms with van der Waals surface area (Å²) in [7, 11) is 0. The Hall–Kier alpha value is -0.700. The van der Waals surface area contributed by atoms with Gasteiger partial charge in [-0.05, 0) is 25.7 Å². The van der Waals surface area contributed by atoms with E-state index in [1.165, 1.54) is 36.4 Å². The van der Waals surface area contributed by atoms with Crippen LogP contribution in [0, 0.1) is 0 Å². The van der Waals surface area contributed by atoms with Crippen molar-refractivity contribution < 1.29 is 4.79 Å². The first-order valence-corrected chi connectivity index (χ1v) is 7.68. The van der Waals surface area contributed by atoms with Gasteiger partial charge >= 0.3 is 0 Å². The molecule has 0 radical (unpaired) electrons. The molecule has 1 heterocycles. The Kier molecular flexibility index (Phi) is 3.28. The Morgan fingerprint density at radius 3 is 2.47 bits per heavy atom. The molecule has 2 fully saturated rings. The molecule has 1 aromatic heterocycles. The number of thiazole rings is 1. The van der Waals surface area contributed by atoms with E-state index >= 15 is 0 Å². The van der Waals surface area contributed by atoms with Gasteiger partial charge in [0.2, 0.25) is 0 Å². The molecule has 0 N–H and O–H groups in total. The molecule has 0 amide bonds. The van der Waals surface area contributed by atoms with Crippen molar-refractivity contribution in [1.29, 1.82) is 0 Å². The lowest BCUT2D eigenvalue weighted by Crippen LogP contribution is -2.12. The van der Waals surface area contributed by atoms with Gasteiger partial charge in [0, 0.05) is 30.1 Å². The molecule has 0 aromatic carbocycles. The van der Waals surface area contributed by atoms with Gasteiger partial charge in [-0.3, -0.25) is 4.79 Å². The molecule has 1 aromatic rings. The second-order valence-electron chi connectivity index (χ2n) is 5.40. The molecule has 3 rings (SSSR count). The Balaban J connectivity index is 1.69. The van der Waals surface area contributed by atoms with Crippen LogP contribution in [0.4, 0.5) is 0 Å². The number of hydrogen-bond acceptors (Lipinski definition) is 3. The number of rotatable bonds is 2. The van der Waals surface area contributed by atoms with E-state index in [1.54, 1.807) is 0 Å². The molecule has 0 spiro atoms. The average Bonchev–Trinajstić information content (AvgIpc) is 3.00. The quantitative estimate of drug-likeness (QED) is 0.792. The van der Waals surface area contributed by atoms with Crippen LogP contribution in [0.25, 0.3) is 0 Å². The monoisotopic (exact) mass is 249 g/mol. The lowest BCUT2D eigenvalue weighted by Gasteiger charge is -2.18. The highest BCUT2D eigenvalue weighted by molar-refractivity contribution is 7.09. The molecule has 2 aliphatic carbocycles. The molecule has 2 aliphatic rings. The van der Waals surface area contributed by atoms with Crippen LogP contribution in [0.5, 0.6) is 0 Å². The number of carbonyl (C=O) groups excluding carboxylic acids is 1. The minimum Gasteiger partial charge on any atom is -0.300 e. The highest BCUT2D eigenvalue weighted by Gasteiger charge is 2.25. The predicted octanol–water partition coefficient (Wildman–Crippen LogP) is 4.03. The molecule has 2 saturated carbocycles. The summed E-state index contributed by atoms with van der Waals surface area (Å²) >= 11 is 1.85. The molecule has 0 saturated heterocycles. The number of hydrogen-bond donors (Lipinski definition) is 0. The van der Waals surface area contributed by atoms with Gasteiger partial charge in [-0.2, -0.15) is 0 Å². The molecule has 17 heavy (non-hydrogen) atoms. The number of nitrogens with zero attached hydrogens (tertiary/aromatic N) is 1.